The highest BCUT2D eigenvalue weighted by molar-refractivity contribution is 9.10. The molecule has 4 rings (SSSR count). The largest absolute Gasteiger partial charge is 0.496 e. The molecule has 1 aliphatic heterocycles. The van der Waals surface area contributed by atoms with Gasteiger partial charge in [-0.1, -0.05) is 68.3 Å². The first-order valence-corrected chi connectivity index (χ1v) is 10.3. The van der Waals surface area contributed by atoms with Crippen molar-refractivity contribution >= 4 is 43.3 Å². The highest BCUT2D eigenvalue weighted by Crippen LogP contribution is 2.40. The van der Waals surface area contributed by atoms with Crippen molar-refractivity contribution < 1.29 is 4.74 Å². The molecule has 0 saturated carbocycles. The minimum Gasteiger partial charge on any atom is -0.496 e. The molecule has 0 radical (unpaired) electrons. The molecule has 1 heterocycles. The summed E-state index contributed by atoms with van der Waals surface area (Å²) in [6.45, 7) is 0. The number of methoxy groups -OCH3 is 1. The number of halogens is 2. The van der Waals surface area contributed by atoms with Crippen LogP contribution in [0.15, 0.2) is 86.8 Å². The molecule has 3 nitrogen and oxygen atoms in total. The topological polar surface area (TPSA) is 24.8 Å². The fraction of sp³-hybridized carbons (Fsp3) is 0.136. The average Bonchev–Trinajstić information content (AvgIpc) is 3.14. The van der Waals surface area contributed by atoms with Crippen LogP contribution in [0.25, 0.3) is 0 Å². The molecule has 3 aromatic rings. The third-order valence-electron chi connectivity index (χ3n) is 4.66. The predicted molar refractivity (Wildman–Crippen MR) is 118 cm³/mol. The Kier molecular flexibility index (Phi) is 5.32. The van der Waals surface area contributed by atoms with Crippen LogP contribution in [0.3, 0.4) is 0 Å². The number of anilines is 1. The van der Waals surface area contributed by atoms with Gasteiger partial charge in [-0.25, -0.2) is 0 Å². The third-order valence-corrected chi connectivity index (χ3v) is 5.68. The molecule has 0 unspecified atom stereocenters. The number of benzene rings is 3. The van der Waals surface area contributed by atoms with Gasteiger partial charge in [0, 0.05) is 20.9 Å². The Bertz CT molecular complexity index is 986. The summed E-state index contributed by atoms with van der Waals surface area (Å²) in [7, 11) is 1.72. The maximum atomic E-state index is 5.63. The molecule has 1 atom stereocenters. The van der Waals surface area contributed by atoms with Gasteiger partial charge in [0.25, 0.3) is 0 Å². The molecule has 136 valence electrons. The number of hydrogen-bond acceptors (Lipinski definition) is 3. The van der Waals surface area contributed by atoms with Gasteiger partial charge in [0.1, 0.15) is 5.75 Å². The second-order valence-corrected chi connectivity index (χ2v) is 8.17. The lowest BCUT2D eigenvalue weighted by molar-refractivity contribution is 0.405. The van der Waals surface area contributed by atoms with Crippen LogP contribution in [0.5, 0.6) is 5.75 Å². The van der Waals surface area contributed by atoms with E-state index in [1.54, 1.807) is 7.11 Å². The van der Waals surface area contributed by atoms with Crippen molar-refractivity contribution in [3.63, 3.8) is 0 Å². The van der Waals surface area contributed by atoms with Gasteiger partial charge in [0.05, 0.1) is 24.6 Å². The second-order valence-electron chi connectivity index (χ2n) is 6.34. The van der Waals surface area contributed by atoms with Crippen LogP contribution in [-0.2, 0) is 0 Å². The smallest absolute Gasteiger partial charge is 0.124 e. The van der Waals surface area contributed by atoms with Crippen molar-refractivity contribution in [2.24, 2.45) is 5.10 Å². The quantitative estimate of drug-likeness (QED) is 0.417. The van der Waals surface area contributed by atoms with Gasteiger partial charge in [-0.05, 0) is 42.0 Å². The standard InChI is InChI=1S/C22H18Br2N2O/c1-27-22-8-3-2-7-19(22)21-14-20(15-9-11-16(23)12-10-15)25-26(21)18-6-4-5-17(24)13-18/h2-13,21H,14H2,1H3/t21-/m0/s1. The number of nitrogens with zero attached hydrogens (tertiary/aromatic N) is 2. The average molecular weight is 486 g/mol. The maximum absolute atomic E-state index is 5.63. The Hall–Kier alpha value is -2.11. The molecule has 0 saturated heterocycles. The van der Waals surface area contributed by atoms with Crippen molar-refractivity contribution in [3.8, 4) is 5.75 Å². The summed E-state index contributed by atoms with van der Waals surface area (Å²) in [5.74, 6) is 0.884. The SMILES string of the molecule is COc1ccccc1[C@@H]1CC(c2ccc(Br)cc2)=NN1c1cccc(Br)c1. The van der Waals surface area contributed by atoms with Crippen molar-refractivity contribution in [2.45, 2.75) is 12.5 Å². The van der Waals surface area contributed by atoms with E-state index in [-0.39, 0.29) is 6.04 Å². The van der Waals surface area contributed by atoms with E-state index in [2.05, 4.69) is 85.4 Å². The molecular formula is C22H18Br2N2O. The van der Waals surface area contributed by atoms with Crippen LogP contribution < -0.4 is 9.75 Å². The van der Waals surface area contributed by atoms with Crippen LogP contribution in [0, 0.1) is 0 Å². The van der Waals surface area contributed by atoms with Gasteiger partial charge in [-0.15, -0.1) is 0 Å². The van der Waals surface area contributed by atoms with Gasteiger partial charge in [-0.2, -0.15) is 5.10 Å². The second kappa shape index (κ2) is 7.87. The summed E-state index contributed by atoms with van der Waals surface area (Å²) in [5, 5.41) is 7.09. The van der Waals surface area contributed by atoms with E-state index in [1.807, 2.05) is 24.3 Å². The highest BCUT2D eigenvalue weighted by Gasteiger charge is 2.31. The Morgan fingerprint density at radius 3 is 2.44 bits per heavy atom. The summed E-state index contributed by atoms with van der Waals surface area (Å²) in [6.07, 6.45) is 0.814. The molecule has 27 heavy (non-hydrogen) atoms. The van der Waals surface area contributed by atoms with Crippen LogP contribution in [0.2, 0.25) is 0 Å². The van der Waals surface area contributed by atoms with Gasteiger partial charge in [0.2, 0.25) is 0 Å². The van der Waals surface area contributed by atoms with E-state index < -0.39 is 0 Å². The minimum atomic E-state index is 0.0779. The van der Waals surface area contributed by atoms with E-state index >= 15 is 0 Å². The number of hydrazone groups is 1. The summed E-state index contributed by atoms with van der Waals surface area (Å²) in [5.41, 5.74) is 4.39. The summed E-state index contributed by atoms with van der Waals surface area (Å²) in [6, 6.07) is 24.8. The van der Waals surface area contributed by atoms with Crippen molar-refractivity contribution in [1.29, 1.82) is 0 Å². The fourth-order valence-electron chi connectivity index (χ4n) is 3.37. The molecule has 0 aromatic heterocycles. The lowest BCUT2D eigenvalue weighted by Gasteiger charge is -2.25. The van der Waals surface area contributed by atoms with E-state index in [0.717, 1.165) is 43.6 Å². The molecule has 0 fully saturated rings. The normalized spacial score (nSPS) is 16.3. The van der Waals surface area contributed by atoms with E-state index in [0.29, 0.717) is 0 Å². The molecule has 1 aliphatic rings. The zero-order valence-electron chi connectivity index (χ0n) is 14.8. The zero-order chi connectivity index (χ0) is 18.8. The summed E-state index contributed by atoms with van der Waals surface area (Å²) < 4.78 is 7.73. The lowest BCUT2D eigenvalue weighted by atomic mass is 9.97. The maximum Gasteiger partial charge on any atom is 0.124 e. The molecule has 0 N–H and O–H groups in total. The first-order chi connectivity index (χ1) is 13.2. The number of hydrogen-bond donors (Lipinski definition) is 0. The fourth-order valence-corrected chi connectivity index (χ4v) is 4.02. The molecule has 5 heteroatoms. The van der Waals surface area contributed by atoms with E-state index in [4.69, 9.17) is 9.84 Å². The molecule has 3 aromatic carbocycles. The van der Waals surface area contributed by atoms with Crippen molar-refractivity contribution in [1.82, 2.24) is 0 Å². The lowest BCUT2D eigenvalue weighted by Crippen LogP contribution is -2.19. The van der Waals surface area contributed by atoms with Crippen molar-refractivity contribution in [2.75, 3.05) is 12.1 Å². The molecule has 0 amide bonds. The summed E-state index contributed by atoms with van der Waals surface area (Å²) in [4.78, 5) is 0. The van der Waals surface area contributed by atoms with Gasteiger partial charge in [-0.3, -0.25) is 5.01 Å². The Balaban J connectivity index is 1.79. The molecule has 0 spiro atoms. The van der Waals surface area contributed by atoms with E-state index in [1.165, 1.54) is 0 Å². The molecular weight excluding hydrogens is 468 g/mol. The van der Waals surface area contributed by atoms with Crippen LogP contribution >= 0.6 is 31.9 Å². The van der Waals surface area contributed by atoms with Gasteiger partial charge >= 0.3 is 0 Å². The Morgan fingerprint density at radius 1 is 0.926 bits per heavy atom. The number of para-hydroxylation sites is 1. The first kappa shape index (κ1) is 18.3. The third kappa shape index (κ3) is 3.80. The van der Waals surface area contributed by atoms with Crippen molar-refractivity contribution in [3.05, 3.63) is 92.9 Å². The summed E-state index contributed by atoms with van der Waals surface area (Å²) >= 11 is 7.08. The first-order valence-electron chi connectivity index (χ1n) is 8.67. The predicted octanol–water partition coefficient (Wildman–Crippen LogP) is 6.58. The Morgan fingerprint density at radius 2 is 1.70 bits per heavy atom. The van der Waals surface area contributed by atoms with Gasteiger partial charge < -0.3 is 4.74 Å². The monoisotopic (exact) mass is 484 g/mol. The number of rotatable bonds is 4. The minimum absolute atomic E-state index is 0.0779. The van der Waals surface area contributed by atoms with Crippen LogP contribution in [0.4, 0.5) is 5.69 Å². The highest BCUT2D eigenvalue weighted by atomic mass is 79.9. The zero-order valence-corrected chi connectivity index (χ0v) is 17.9. The van der Waals surface area contributed by atoms with Gasteiger partial charge in [0.15, 0.2) is 0 Å². The Labute approximate surface area is 175 Å². The number of ether oxygens (including phenoxy) is 1. The molecule has 0 bridgehead atoms. The van der Waals surface area contributed by atoms with Crippen LogP contribution in [-0.4, -0.2) is 12.8 Å². The van der Waals surface area contributed by atoms with E-state index in [9.17, 15) is 0 Å². The molecule has 0 aliphatic carbocycles. The van der Waals surface area contributed by atoms with Crippen LogP contribution in [0.1, 0.15) is 23.6 Å².